The van der Waals surface area contributed by atoms with E-state index in [4.69, 9.17) is 9.47 Å². The highest BCUT2D eigenvalue weighted by Crippen LogP contribution is 2.29. The zero-order valence-corrected chi connectivity index (χ0v) is 25.7. The van der Waals surface area contributed by atoms with Crippen molar-refractivity contribution in [2.75, 3.05) is 11.3 Å². The minimum atomic E-state index is -4.25. The molecule has 0 saturated heterocycles. The number of carbonyl (C=O) groups excluding carboxylic acids is 1. The molecule has 1 atom stereocenters. The Balaban J connectivity index is 1.98. The molecule has 3 rings (SSSR count). The number of rotatable bonds is 11. The largest absolute Gasteiger partial charge is 0.478 e. The van der Waals surface area contributed by atoms with Crippen molar-refractivity contribution in [3.63, 3.8) is 0 Å². The Bertz CT molecular complexity index is 1530. The van der Waals surface area contributed by atoms with Crippen molar-refractivity contribution in [1.82, 2.24) is 15.3 Å². The van der Waals surface area contributed by atoms with Crippen molar-refractivity contribution in [2.24, 2.45) is 5.92 Å². The molecule has 3 aromatic rings. The second-order valence-corrected chi connectivity index (χ2v) is 13.1. The number of hydrogen-bond acceptors (Lipinski definition) is 8. The molecule has 0 aliphatic carbocycles. The number of nitrogens with one attached hydrogen (secondary N) is 2. The first kappa shape index (κ1) is 32.3. The quantitative estimate of drug-likeness (QED) is 0.256. The first-order chi connectivity index (χ1) is 19.5. The molecule has 3 N–H and O–H groups in total. The Morgan fingerprint density at radius 2 is 1.64 bits per heavy atom. The summed E-state index contributed by atoms with van der Waals surface area (Å²) in [5, 5.41) is 12.1. The van der Waals surface area contributed by atoms with Gasteiger partial charge in [-0.2, -0.15) is 4.98 Å². The fourth-order valence-corrected chi connectivity index (χ4v) is 5.25. The molecule has 0 radical (unpaired) electrons. The van der Waals surface area contributed by atoms with Crippen LogP contribution in [-0.4, -0.2) is 53.8 Å². The maximum atomic E-state index is 13.2. The predicted molar refractivity (Wildman–Crippen MR) is 159 cm³/mol. The van der Waals surface area contributed by atoms with Crippen LogP contribution in [0.4, 0.5) is 10.7 Å². The molecule has 1 heterocycles. The van der Waals surface area contributed by atoms with Gasteiger partial charge in [0, 0.05) is 11.6 Å². The number of amides is 1. The monoisotopic (exact) mass is 598 g/mol. The Kier molecular flexibility index (Phi) is 10.2. The van der Waals surface area contributed by atoms with Crippen LogP contribution in [0.15, 0.2) is 53.4 Å². The number of aromatic carboxylic acids is 1. The van der Waals surface area contributed by atoms with Crippen molar-refractivity contribution in [3.8, 4) is 17.1 Å². The Labute approximate surface area is 246 Å². The van der Waals surface area contributed by atoms with E-state index in [1.807, 2.05) is 45.9 Å². The molecule has 1 unspecified atom stereocenters. The number of alkyl carbamates (subject to hydrolysis) is 1. The summed E-state index contributed by atoms with van der Waals surface area (Å²) in [5.74, 6) is -1.20. The molecule has 2 aromatic carbocycles. The van der Waals surface area contributed by atoms with E-state index < -0.39 is 33.7 Å². The van der Waals surface area contributed by atoms with Crippen molar-refractivity contribution in [3.05, 3.63) is 65.2 Å². The van der Waals surface area contributed by atoms with E-state index in [0.29, 0.717) is 12.1 Å². The highest BCUT2D eigenvalue weighted by Gasteiger charge is 2.23. The number of carboxylic acids is 1. The molecule has 12 heteroatoms. The average Bonchev–Trinajstić information content (AvgIpc) is 2.85. The smallest absolute Gasteiger partial charge is 0.407 e. The molecule has 0 fully saturated rings. The molecule has 42 heavy (non-hydrogen) atoms. The maximum Gasteiger partial charge on any atom is 0.407 e. The second kappa shape index (κ2) is 13.2. The summed E-state index contributed by atoms with van der Waals surface area (Å²) in [7, 11) is -4.25. The summed E-state index contributed by atoms with van der Waals surface area (Å²) in [6.45, 7) is 13.2. The van der Waals surface area contributed by atoms with Crippen LogP contribution in [0.2, 0.25) is 0 Å². The number of benzene rings is 2. The first-order valence-electron chi connectivity index (χ1n) is 13.5. The van der Waals surface area contributed by atoms with E-state index in [0.717, 1.165) is 22.8 Å². The van der Waals surface area contributed by atoms with E-state index >= 15 is 0 Å². The Morgan fingerprint density at radius 3 is 2.24 bits per heavy atom. The Morgan fingerprint density at radius 1 is 1.00 bits per heavy atom. The van der Waals surface area contributed by atoms with Crippen LogP contribution in [0.3, 0.4) is 0 Å². The van der Waals surface area contributed by atoms with E-state index in [-0.39, 0.29) is 34.8 Å². The summed E-state index contributed by atoms with van der Waals surface area (Å²) in [4.78, 5) is 32.3. The zero-order valence-electron chi connectivity index (χ0n) is 24.9. The van der Waals surface area contributed by atoms with E-state index in [1.165, 1.54) is 18.2 Å². The van der Waals surface area contributed by atoms with Crippen LogP contribution in [-0.2, 0) is 14.8 Å². The molecular weight excluding hydrogens is 560 g/mol. The lowest BCUT2D eigenvalue weighted by Crippen LogP contribution is -2.42. The van der Waals surface area contributed by atoms with Crippen LogP contribution in [0.1, 0.15) is 62.5 Å². The van der Waals surface area contributed by atoms with Gasteiger partial charge in [0.15, 0.2) is 0 Å². The molecule has 0 aliphatic rings. The lowest BCUT2D eigenvalue weighted by Gasteiger charge is -2.24. The third kappa shape index (κ3) is 9.16. The molecule has 1 amide bonds. The van der Waals surface area contributed by atoms with Crippen LogP contribution < -0.4 is 14.8 Å². The molecule has 0 bridgehead atoms. The number of sulfonamides is 1. The zero-order chi connectivity index (χ0) is 31.2. The highest BCUT2D eigenvalue weighted by molar-refractivity contribution is 7.92. The summed E-state index contributed by atoms with van der Waals surface area (Å²) >= 11 is 0. The van der Waals surface area contributed by atoms with Crippen LogP contribution >= 0.6 is 0 Å². The van der Waals surface area contributed by atoms with Gasteiger partial charge in [0.1, 0.15) is 12.2 Å². The van der Waals surface area contributed by atoms with Gasteiger partial charge in [0.2, 0.25) is 11.8 Å². The van der Waals surface area contributed by atoms with E-state index in [9.17, 15) is 23.1 Å². The fourth-order valence-electron chi connectivity index (χ4n) is 4.26. The van der Waals surface area contributed by atoms with Crippen molar-refractivity contribution < 1.29 is 32.6 Å². The topological polar surface area (TPSA) is 157 Å². The maximum absolute atomic E-state index is 13.2. The van der Waals surface area contributed by atoms with Gasteiger partial charge in [0.25, 0.3) is 10.0 Å². The SMILES string of the molecule is Cc1cccc(C)c1-c1cc(OCC(CC(C)C)NC(=O)OC(C)(C)C)nc(NS(=O)(=O)c2cccc(C(=O)O)c2)n1. The average molecular weight is 599 g/mol. The summed E-state index contributed by atoms with van der Waals surface area (Å²) < 4.78 is 40.2. The van der Waals surface area contributed by atoms with Gasteiger partial charge in [-0.25, -0.2) is 27.7 Å². The summed E-state index contributed by atoms with van der Waals surface area (Å²) in [5.41, 5.74) is 2.17. The summed E-state index contributed by atoms with van der Waals surface area (Å²) in [6, 6.07) is 11.9. The number of nitrogens with zero attached hydrogens (tertiary/aromatic N) is 2. The third-order valence-corrected chi connectivity index (χ3v) is 7.29. The first-order valence-corrected chi connectivity index (χ1v) is 15.0. The van der Waals surface area contributed by atoms with Gasteiger partial charge in [-0.3, -0.25) is 0 Å². The number of aromatic nitrogens is 2. The standard InChI is InChI=1S/C30H38N4O7S/c1-18(2)14-22(31-29(37)41-30(5,6)7)17-40-25-16-24(26-19(3)10-8-11-20(26)4)32-28(33-25)34-42(38,39)23-13-9-12-21(15-23)27(35)36/h8-13,15-16,18,22H,14,17H2,1-7H3,(H,31,37)(H,35,36)(H,32,33,34). The minimum Gasteiger partial charge on any atom is -0.478 e. The highest BCUT2D eigenvalue weighted by atomic mass is 32.2. The van der Waals surface area contributed by atoms with E-state index in [1.54, 1.807) is 26.8 Å². The van der Waals surface area contributed by atoms with Gasteiger partial charge in [0.05, 0.1) is 22.2 Å². The van der Waals surface area contributed by atoms with Gasteiger partial charge in [-0.15, -0.1) is 0 Å². The Hall–Kier alpha value is -4.19. The number of anilines is 1. The molecule has 0 saturated carbocycles. The van der Waals surface area contributed by atoms with Crippen LogP contribution in [0, 0.1) is 19.8 Å². The minimum absolute atomic E-state index is 0.0352. The molecule has 226 valence electrons. The van der Waals surface area contributed by atoms with Crippen LogP contribution in [0.25, 0.3) is 11.3 Å². The lowest BCUT2D eigenvalue weighted by molar-refractivity contribution is 0.0478. The van der Waals surface area contributed by atoms with Gasteiger partial charge in [-0.05, 0) is 76.3 Å². The third-order valence-electron chi connectivity index (χ3n) is 5.97. The lowest BCUT2D eigenvalue weighted by atomic mass is 10.00. The van der Waals surface area contributed by atoms with Crippen molar-refractivity contribution >= 4 is 28.0 Å². The number of ether oxygens (including phenoxy) is 2. The molecule has 0 aliphatic heterocycles. The second-order valence-electron chi connectivity index (χ2n) is 11.4. The van der Waals surface area contributed by atoms with Crippen molar-refractivity contribution in [2.45, 2.75) is 71.4 Å². The molecule has 1 aromatic heterocycles. The number of carboxylic acid groups (broad SMARTS) is 1. The van der Waals surface area contributed by atoms with Crippen molar-refractivity contribution in [1.29, 1.82) is 0 Å². The van der Waals surface area contributed by atoms with Gasteiger partial charge in [-0.1, -0.05) is 38.1 Å². The number of aryl methyl sites for hydroxylation is 2. The molecule has 11 nitrogen and oxygen atoms in total. The molecular formula is C30H38N4O7S. The normalized spacial score (nSPS) is 12.5. The number of carbonyl (C=O) groups is 2. The number of hydrogen-bond donors (Lipinski definition) is 3. The summed E-state index contributed by atoms with van der Waals surface area (Å²) in [6.07, 6.45) is 0.0146. The van der Waals surface area contributed by atoms with Gasteiger partial charge < -0.3 is 19.9 Å². The fraction of sp³-hybridized carbons (Fsp3) is 0.400. The van der Waals surface area contributed by atoms with Gasteiger partial charge >= 0.3 is 12.1 Å². The van der Waals surface area contributed by atoms with E-state index in [2.05, 4.69) is 20.0 Å². The van der Waals surface area contributed by atoms with Crippen LogP contribution in [0.5, 0.6) is 5.88 Å². The molecule has 0 spiro atoms. The predicted octanol–water partition coefficient (Wildman–Crippen LogP) is 5.58.